The maximum atomic E-state index is 11.4. The van der Waals surface area contributed by atoms with Crippen molar-refractivity contribution in [3.05, 3.63) is 95.6 Å². The Bertz CT molecular complexity index is 1040. The van der Waals surface area contributed by atoms with Crippen LogP contribution >= 0.6 is 0 Å². The molecule has 0 unspecified atom stereocenters. The predicted octanol–water partition coefficient (Wildman–Crippen LogP) is 4.94. The van der Waals surface area contributed by atoms with Crippen LogP contribution in [-0.2, 0) is 4.79 Å². The highest BCUT2D eigenvalue weighted by Gasteiger charge is 2.13. The van der Waals surface area contributed by atoms with E-state index in [1.165, 1.54) is 17.4 Å². The average molecular weight is 432 g/mol. The number of phenols is 1. The van der Waals surface area contributed by atoms with Crippen LogP contribution in [0.2, 0.25) is 0 Å². The fraction of sp³-hybridized carbons (Fsp3) is 0.222. The van der Waals surface area contributed by atoms with Gasteiger partial charge in [0, 0.05) is 6.92 Å². The quantitative estimate of drug-likeness (QED) is 0.372. The zero-order valence-electron chi connectivity index (χ0n) is 18.5. The molecule has 0 aliphatic heterocycles. The average Bonchev–Trinajstić information content (AvgIpc) is 2.82. The molecule has 166 valence electrons. The van der Waals surface area contributed by atoms with Crippen LogP contribution in [0.3, 0.4) is 0 Å². The van der Waals surface area contributed by atoms with Gasteiger partial charge in [-0.25, -0.2) is 0 Å². The number of aliphatic hydroxyl groups excluding tert-OH is 1. The zero-order valence-corrected chi connectivity index (χ0v) is 18.5. The van der Waals surface area contributed by atoms with Crippen molar-refractivity contribution in [2.24, 2.45) is 0 Å². The number of phenolic OH excluding ortho intramolecular Hbond substituents is 1. The van der Waals surface area contributed by atoms with Crippen LogP contribution in [0, 0.1) is 0 Å². The zero-order chi connectivity index (χ0) is 22.9. The van der Waals surface area contributed by atoms with E-state index in [1.807, 2.05) is 54.6 Å². The van der Waals surface area contributed by atoms with Gasteiger partial charge in [-0.05, 0) is 58.5 Å². The van der Waals surface area contributed by atoms with Crippen molar-refractivity contribution in [3.8, 4) is 11.5 Å². The number of amides is 1. The number of ether oxygens (including phenoxy) is 1. The van der Waals surface area contributed by atoms with Crippen LogP contribution in [0.1, 0.15) is 37.0 Å². The van der Waals surface area contributed by atoms with Crippen molar-refractivity contribution in [2.45, 2.75) is 20.3 Å². The van der Waals surface area contributed by atoms with Gasteiger partial charge >= 0.3 is 0 Å². The van der Waals surface area contributed by atoms with Gasteiger partial charge in [-0.15, -0.1) is 0 Å². The molecule has 2 N–H and O–H groups in total. The van der Waals surface area contributed by atoms with Crippen LogP contribution in [0.4, 0.5) is 0 Å². The molecule has 5 heteroatoms. The van der Waals surface area contributed by atoms with Crippen molar-refractivity contribution in [3.63, 3.8) is 0 Å². The minimum Gasteiger partial charge on any atom is -0.508 e. The normalized spacial score (nSPS) is 11.6. The Morgan fingerprint density at radius 2 is 1.47 bits per heavy atom. The molecule has 0 saturated carbocycles. The number of aromatic hydroxyl groups is 1. The molecule has 3 aromatic rings. The van der Waals surface area contributed by atoms with Gasteiger partial charge in [0.1, 0.15) is 24.8 Å². The third kappa shape index (κ3) is 5.77. The summed E-state index contributed by atoms with van der Waals surface area (Å²) in [6, 6.07) is 25.4. The summed E-state index contributed by atoms with van der Waals surface area (Å²) < 4.78 is 5.76. The summed E-state index contributed by atoms with van der Waals surface area (Å²) >= 11 is 0. The first kappa shape index (κ1) is 23.1. The number of rotatable bonds is 9. The fourth-order valence-corrected chi connectivity index (χ4v) is 3.63. The van der Waals surface area contributed by atoms with Crippen molar-refractivity contribution in [1.29, 1.82) is 0 Å². The van der Waals surface area contributed by atoms with E-state index < -0.39 is 0 Å². The maximum Gasteiger partial charge on any atom is 0.221 e. The van der Waals surface area contributed by atoms with E-state index in [0.717, 1.165) is 28.7 Å². The lowest BCUT2D eigenvalue weighted by Gasteiger charge is -2.18. The van der Waals surface area contributed by atoms with E-state index in [9.17, 15) is 15.0 Å². The van der Waals surface area contributed by atoms with Gasteiger partial charge in [-0.2, -0.15) is 0 Å². The van der Waals surface area contributed by atoms with Crippen molar-refractivity contribution < 1.29 is 19.7 Å². The second-order valence-electron chi connectivity index (χ2n) is 7.42. The topological polar surface area (TPSA) is 70.0 Å². The molecule has 3 rings (SSSR count). The van der Waals surface area contributed by atoms with Crippen LogP contribution in [-0.4, -0.2) is 40.9 Å². The van der Waals surface area contributed by atoms with Crippen molar-refractivity contribution in [1.82, 2.24) is 4.90 Å². The van der Waals surface area contributed by atoms with Gasteiger partial charge < -0.3 is 19.8 Å². The van der Waals surface area contributed by atoms with E-state index >= 15 is 0 Å². The summed E-state index contributed by atoms with van der Waals surface area (Å²) in [5, 5.41) is 19.0. The van der Waals surface area contributed by atoms with E-state index in [-0.39, 0.29) is 18.4 Å². The molecule has 0 bridgehead atoms. The molecule has 32 heavy (non-hydrogen) atoms. The number of benzene rings is 3. The largest absolute Gasteiger partial charge is 0.508 e. The Morgan fingerprint density at radius 1 is 0.875 bits per heavy atom. The molecule has 0 aliphatic rings. The van der Waals surface area contributed by atoms with Gasteiger partial charge in [-0.1, -0.05) is 61.5 Å². The maximum absolute atomic E-state index is 11.4. The second kappa shape index (κ2) is 11.2. The summed E-state index contributed by atoms with van der Waals surface area (Å²) in [5.41, 5.74) is 5.55. The van der Waals surface area contributed by atoms with Gasteiger partial charge in [0.25, 0.3) is 0 Å². The number of carbonyl (C=O) groups excluding carboxylic acids is 1. The third-order valence-electron chi connectivity index (χ3n) is 5.32. The Kier molecular flexibility index (Phi) is 8.06. The highest BCUT2D eigenvalue weighted by molar-refractivity contribution is 5.98. The summed E-state index contributed by atoms with van der Waals surface area (Å²) in [6.45, 7) is 3.85. The van der Waals surface area contributed by atoms with Crippen LogP contribution < -0.4 is 4.74 Å². The molecule has 0 radical (unpaired) electrons. The van der Waals surface area contributed by atoms with Gasteiger partial charge in [0.15, 0.2) is 0 Å². The first-order valence-electron chi connectivity index (χ1n) is 10.7. The highest BCUT2D eigenvalue weighted by Crippen LogP contribution is 2.35. The van der Waals surface area contributed by atoms with E-state index in [4.69, 9.17) is 4.74 Å². The number of hydrogen-bond donors (Lipinski definition) is 2. The van der Waals surface area contributed by atoms with Gasteiger partial charge in [-0.3, -0.25) is 4.79 Å². The summed E-state index contributed by atoms with van der Waals surface area (Å²) in [6.07, 6.45) is 0.848. The Balaban J connectivity index is 1.91. The number of allylic oxidation sites excluding steroid dienone is 1. The lowest BCUT2D eigenvalue weighted by molar-refractivity contribution is -0.132. The lowest BCUT2D eigenvalue weighted by Crippen LogP contribution is -2.33. The molecule has 0 aromatic heterocycles. The van der Waals surface area contributed by atoms with E-state index in [0.29, 0.717) is 18.9 Å². The summed E-state index contributed by atoms with van der Waals surface area (Å²) in [7, 11) is 0. The molecule has 0 heterocycles. The molecule has 0 fully saturated rings. The van der Waals surface area contributed by atoms with E-state index in [2.05, 4.69) is 19.1 Å². The van der Waals surface area contributed by atoms with E-state index in [1.54, 1.807) is 12.1 Å². The van der Waals surface area contributed by atoms with Crippen LogP contribution in [0.15, 0.2) is 78.9 Å². The summed E-state index contributed by atoms with van der Waals surface area (Å²) in [5.74, 6) is 0.734. The molecular formula is C27H29NO4. The SMILES string of the molecule is CC/C(=C(/c1ccc(O)cc1)c1ccc(OCCN(CO)C(C)=O)cc1)c1ccccc1. The smallest absolute Gasteiger partial charge is 0.221 e. The van der Waals surface area contributed by atoms with Crippen molar-refractivity contribution >= 4 is 17.1 Å². The number of nitrogens with zero attached hydrogens (tertiary/aromatic N) is 1. The molecule has 5 nitrogen and oxygen atoms in total. The molecule has 0 aliphatic carbocycles. The third-order valence-corrected chi connectivity index (χ3v) is 5.32. The molecular weight excluding hydrogens is 402 g/mol. The predicted molar refractivity (Wildman–Crippen MR) is 127 cm³/mol. The van der Waals surface area contributed by atoms with Crippen LogP contribution in [0.25, 0.3) is 11.1 Å². The molecule has 0 spiro atoms. The van der Waals surface area contributed by atoms with Gasteiger partial charge in [0.05, 0.1) is 6.54 Å². The fourth-order valence-electron chi connectivity index (χ4n) is 3.63. The van der Waals surface area contributed by atoms with Gasteiger partial charge in [0.2, 0.25) is 5.91 Å². The lowest BCUT2D eigenvalue weighted by atomic mass is 9.88. The Hall–Kier alpha value is -3.57. The first-order valence-corrected chi connectivity index (χ1v) is 10.7. The Labute approximate surface area is 189 Å². The number of hydrogen-bond acceptors (Lipinski definition) is 4. The summed E-state index contributed by atoms with van der Waals surface area (Å²) in [4.78, 5) is 12.7. The Morgan fingerprint density at radius 3 is 2.00 bits per heavy atom. The molecule has 0 saturated heterocycles. The van der Waals surface area contributed by atoms with Crippen LogP contribution in [0.5, 0.6) is 11.5 Å². The molecule has 0 atom stereocenters. The minimum absolute atomic E-state index is 0.192. The standard InChI is InChI=1S/C27H29NO4/c1-3-26(21-7-5-4-6-8-21)27(22-9-13-24(31)14-10-22)23-11-15-25(16-12-23)32-18-17-28(19-29)20(2)30/h4-16,29,31H,3,17-19H2,1-2H3/b27-26+. The highest BCUT2D eigenvalue weighted by atomic mass is 16.5. The van der Waals surface area contributed by atoms with Crippen molar-refractivity contribution in [2.75, 3.05) is 19.9 Å². The minimum atomic E-state index is -0.322. The number of aliphatic hydroxyl groups is 1. The first-order chi connectivity index (χ1) is 15.5. The number of carbonyl (C=O) groups is 1. The monoisotopic (exact) mass is 431 g/mol. The molecule has 1 amide bonds. The molecule has 3 aromatic carbocycles. The second-order valence-corrected chi connectivity index (χ2v) is 7.42.